The van der Waals surface area contributed by atoms with Crippen LogP contribution in [0.1, 0.15) is 31.1 Å². The normalized spacial score (nSPS) is 17.5. The van der Waals surface area contributed by atoms with Gasteiger partial charge in [0, 0.05) is 5.75 Å². The highest BCUT2D eigenvalue weighted by Crippen LogP contribution is 2.37. The second kappa shape index (κ2) is 4.96. The molecule has 0 aliphatic carbocycles. The van der Waals surface area contributed by atoms with Crippen LogP contribution in [0, 0.1) is 6.92 Å². The third-order valence-corrected chi connectivity index (χ3v) is 5.95. The highest BCUT2D eigenvalue weighted by molar-refractivity contribution is 7.94. The monoisotopic (exact) mass is 276 g/mol. The van der Waals surface area contributed by atoms with E-state index in [0.717, 1.165) is 5.56 Å². The molecule has 0 aromatic heterocycles. The largest absolute Gasteiger partial charge is 0.385 e. The number of alkyl halides is 1. The smallest absolute Gasteiger partial charge is 0.172 e. The molecule has 3 nitrogen and oxygen atoms in total. The zero-order valence-corrected chi connectivity index (χ0v) is 11.7. The Kier molecular flexibility index (Phi) is 4.23. The van der Waals surface area contributed by atoms with Crippen LogP contribution in [0.3, 0.4) is 0 Å². The molecule has 0 bridgehead atoms. The lowest BCUT2D eigenvalue weighted by atomic mass is 10.0. The highest BCUT2D eigenvalue weighted by atomic mass is 35.5. The Hall–Kier alpha value is -0.580. The van der Waals surface area contributed by atoms with Gasteiger partial charge in [-0.15, -0.1) is 0 Å². The number of aliphatic hydroxyl groups excluding tert-OH is 1. The molecule has 1 rings (SSSR count). The Labute approximate surface area is 107 Å². The standard InChI is InChI=1S/C12H17ClO3S/c1-4-17(15,16)12(3,13)11(14)10-7-5-6-9(2)8-10/h5-8,11,14H,4H2,1-3H3/t11-,12-/m0/s1. The minimum atomic E-state index is -3.54. The zero-order valence-electron chi connectivity index (χ0n) is 10.1. The zero-order chi connectivity index (χ0) is 13.3. The number of rotatable bonds is 4. The molecule has 0 saturated carbocycles. The fourth-order valence-corrected chi connectivity index (χ4v) is 3.08. The van der Waals surface area contributed by atoms with E-state index >= 15 is 0 Å². The van der Waals surface area contributed by atoms with Gasteiger partial charge in [-0.1, -0.05) is 48.4 Å². The number of aryl methyl sites for hydroxylation is 1. The van der Waals surface area contributed by atoms with E-state index in [1.54, 1.807) is 18.2 Å². The molecule has 0 fully saturated rings. The molecule has 0 amide bonds. The molecule has 0 spiro atoms. The molecule has 0 heterocycles. The molecule has 1 aromatic rings. The van der Waals surface area contributed by atoms with Crippen molar-refractivity contribution in [1.82, 2.24) is 0 Å². The summed E-state index contributed by atoms with van der Waals surface area (Å²) in [4.78, 5) is 0. The Morgan fingerprint density at radius 3 is 2.53 bits per heavy atom. The summed E-state index contributed by atoms with van der Waals surface area (Å²) in [7, 11) is -3.54. The van der Waals surface area contributed by atoms with Crippen molar-refractivity contribution < 1.29 is 13.5 Å². The fourth-order valence-electron chi connectivity index (χ4n) is 1.59. The number of hydrogen-bond acceptors (Lipinski definition) is 3. The van der Waals surface area contributed by atoms with Gasteiger partial charge in [0.25, 0.3) is 0 Å². The van der Waals surface area contributed by atoms with Crippen LogP contribution in [-0.2, 0) is 9.84 Å². The molecular weight excluding hydrogens is 260 g/mol. The van der Waals surface area contributed by atoms with E-state index in [2.05, 4.69) is 0 Å². The van der Waals surface area contributed by atoms with Crippen LogP contribution in [0.2, 0.25) is 0 Å². The van der Waals surface area contributed by atoms with Gasteiger partial charge in [0.05, 0.1) is 0 Å². The molecule has 5 heteroatoms. The lowest BCUT2D eigenvalue weighted by Crippen LogP contribution is -2.37. The first kappa shape index (κ1) is 14.5. The number of hydrogen-bond donors (Lipinski definition) is 1. The maximum absolute atomic E-state index is 11.8. The predicted octanol–water partition coefficient (Wildman–Crippen LogP) is 2.42. The van der Waals surface area contributed by atoms with Crippen molar-refractivity contribution in [2.75, 3.05) is 5.75 Å². The fraction of sp³-hybridized carbons (Fsp3) is 0.500. The minimum Gasteiger partial charge on any atom is -0.385 e. The average Bonchev–Trinajstić information content (AvgIpc) is 2.27. The van der Waals surface area contributed by atoms with E-state index in [4.69, 9.17) is 11.6 Å². The number of sulfone groups is 1. The Bertz CT molecular complexity index is 494. The first-order valence-corrected chi connectivity index (χ1v) is 7.41. The van der Waals surface area contributed by atoms with Crippen molar-refractivity contribution in [1.29, 1.82) is 0 Å². The number of halogens is 1. The summed E-state index contributed by atoms with van der Waals surface area (Å²) in [5.74, 6) is -0.101. The number of aliphatic hydroxyl groups is 1. The van der Waals surface area contributed by atoms with Gasteiger partial charge in [0.1, 0.15) is 6.10 Å². The maximum atomic E-state index is 11.8. The minimum absolute atomic E-state index is 0.101. The number of benzene rings is 1. The summed E-state index contributed by atoms with van der Waals surface area (Å²) >= 11 is 6.03. The van der Waals surface area contributed by atoms with E-state index in [0.29, 0.717) is 5.56 Å². The third-order valence-electron chi connectivity index (χ3n) is 2.83. The predicted molar refractivity (Wildman–Crippen MR) is 69.9 cm³/mol. The molecule has 17 heavy (non-hydrogen) atoms. The second-order valence-corrected chi connectivity index (χ2v) is 7.87. The molecule has 2 atom stereocenters. The van der Waals surface area contributed by atoms with Crippen molar-refractivity contribution in [3.05, 3.63) is 35.4 Å². The molecule has 1 N–H and O–H groups in total. The molecule has 0 radical (unpaired) electrons. The second-order valence-electron chi connectivity index (χ2n) is 4.21. The average molecular weight is 277 g/mol. The molecule has 0 aliphatic heterocycles. The van der Waals surface area contributed by atoms with Crippen molar-refractivity contribution in [2.45, 2.75) is 31.1 Å². The summed E-state index contributed by atoms with van der Waals surface area (Å²) in [5, 5.41) is 10.1. The highest BCUT2D eigenvalue weighted by Gasteiger charge is 2.43. The molecule has 96 valence electrons. The SMILES string of the molecule is CCS(=O)(=O)[C@](C)(Cl)[C@@H](O)c1cccc(C)c1. The Balaban J connectivity index is 3.17. The van der Waals surface area contributed by atoms with Crippen LogP contribution in [0.25, 0.3) is 0 Å². The Morgan fingerprint density at radius 2 is 2.06 bits per heavy atom. The quantitative estimate of drug-likeness (QED) is 0.860. The summed E-state index contributed by atoms with van der Waals surface area (Å²) in [6.45, 7) is 4.72. The summed E-state index contributed by atoms with van der Waals surface area (Å²) in [5.41, 5.74) is 1.46. The van der Waals surface area contributed by atoms with Gasteiger partial charge in [-0.3, -0.25) is 0 Å². The van der Waals surface area contributed by atoms with Crippen molar-refractivity contribution in [2.24, 2.45) is 0 Å². The topological polar surface area (TPSA) is 54.4 Å². The van der Waals surface area contributed by atoms with E-state index in [-0.39, 0.29) is 5.75 Å². The summed E-state index contributed by atoms with van der Waals surface area (Å²) < 4.78 is 22.0. The third kappa shape index (κ3) is 2.81. The van der Waals surface area contributed by atoms with Crippen molar-refractivity contribution >= 4 is 21.4 Å². The van der Waals surface area contributed by atoms with E-state index < -0.39 is 20.1 Å². The van der Waals surface area contributed by atoms with E-state index in [1.807, 2.05) is 13.0 Å². The van der Waals surface area contributed by atoms with Gasteiger partial charge in [0.2, 0.25) is 0 Å². The lowest BCUT2D eigenvalue weighted by molar-refractivity contribution is 0.162. The van der Waals surface area contributed by atoms with Crippen LogP contribution in [0.15, 0.2) is 24.3 Å². The van der Waals surface area contributed by atoms with Gasteiger partial charge < -0.3 is 5.11 Å². The molecular formula is C12H17ClO3S. The molecule has 0 unspecified atom stereocenters. The summed E-state index contributed by atoms with van der Waals surface area (Å²) in [6.07, 6.45) is -1.24. The first-order chi connectivity index (χ1) is 7.72. The van der Waals surface area contributed by atoms with Crippen LogP contribution in [0.4, 0.5) is 0 Å². The van der Waals surface area contributed by atoms with Crippen LogP contribution >= 0.6 is 11.6 Å². The van der Waals surface area contributed by atoms with E-state index in [9.17, 15) is 13.5 Å². The van der Waals surface area contributed by atoms with Gasteiger partial charge in [0.15, 0.2) is 14.0 Å². The van der Waals surface area contributed by atoms with Crippen molar-refractivity contribution in [3.8, 4) is 0 Å². The van der Waals surface area contributed by atoms with Gasteiger partial charge >= 0.3 is 0 Å². The lowest BCUT2D eigenvalue weighted by Gasteiger charge is -2.27. The van der Waals surface area contributed by atoms with Crippen molar-refractivity contribution in [3.63, 3.8) is 0 Å². The van der Waals surface area contributed by atoms with Gasteiger partial charge in [-0.25, -0.2) is 8.42 Å². The van der Waals surface area contributed by atoms with Gasteiger partial charge in [-0.05, 0) is 19.4 Å². The maximum Gasteiger partial charge on any atom is 0.172 e. The molecule has 1 aromatic carbocycles. The summed E-state index contributed by atoms with van der Waals surface area (Å²) in [6, 6.07) is 7.04. The van der Waals surface area contributed by atoms with Gasteiger partial charge in [-0.2, -0.15) is 0 Å². The van der Waals surface area contributed by atoms with E-state index in [1.165, 1.54) is 13.8 Å². The van der Waals surface area contributed by atoms with Crippen LogP contribution < -0.4 is 0 Å². The Morgan fingerprint density at radius 1 is 1.47 bits per heavy atom. The molecule has 0 aliphatic rings. The molecule has 0 saturated heterocycles. The van der Waals surface area contributed by atoms with Crippen LogP contribution in [0.5, 0.6) is 0 Å². The first-order valence-electron chi connectivity index (χ1n) is 5.38. The van der Waals surface area contributed by atoms with Crippen LogP contribution in [-0.4, -0.2) is 23.5 Å².